The van der Waals surface area contributed by atoms with Crippen molar-refractivity contribution < 1.29 is 4.52 Å². The van der Waals surface area contributed by atoms with Crippen molar-refractivity contribution in [1.29, 1.82) is 0 Å². The Morgan fingerprint density at radius 2 is 2.22 bits per heavy atom. The number of hydrogen-bond acceptors (Lipinski definition) is 3. The van der Waals surface area contributed by atoms with E-state index in [0.717, 1.165) is 31.0 Å². The molecule has 1 aromatic carbocycles. The van der Waals surface area contributed by atoms with Gasteiger partial charge in [-0.15, -0.1) is 0 Å². The quantitative estimate of drug-likeness (QED) is 0.825. The summed E-state index contributed by atoms with van der Waals surface area (Å²) in [4.78, 5) is 4.46. The van der Waals surface area contributed by atoms with Crippen LogP contribution >= 0.6 is 0 Å². The van der Waals surface area contributed by atoms with Gasteiger partial charge < -0.3 is 4.52 Å². The van der Waals surface area contributed by atoms with E-state index in [-0.39, 0.29) is 0 Å². The summed E-state index contributed by atoms with van der Waals surface area (Å²) < 4.78 is 5.33. The first kappa shape index (κ1) is 11.5. The van der Waals surface area contributed by atoms with Crippen molar-refractivity contribution in [2.45, 2.75) is 44.9 Å². The van der Waals surface area contributed by atoms with Gasteiger partial charge in [0.2, 0.25) is 5.89 Å². The predicted octanol–water partition coefficient (Wildman–Crippen LogP) is 3.29. The summed E-state index contributed by atoms with van der Waals surface area (Å²) in [6.07, 6.45) is 5.23. The van der Waals surface area contributed by atoms with Gasteiger partial charge in [-0.2, -0.15) is 4.98 Å². The second kappa shape index (κ2) is 4.92. The molecule has 0 saturated heterocycles. The van der Waals surface area contributed by atoms with Crippen LogP contribution in [0.3, 0.4) is 0 Å². The Labute approximate surface area is 107 Å². The highest BCUT2D eigenvalue weighted by Crippen LogP contribution is 2.34. The van der Waals surface area contributed by atoms with Crippen LogP contribution in [0.15, 0.2) is 28.8 Å². The molecule has 1 atom stereocenters. The fourth-order valence-electron chi connectivity index (χ4n) is 2.77. The molecule has 0 aliphatic heterocycles. The maximum absolute atomic E-state index is 5.33. The first-order valence-corrected chi connectivity index (χ1v) is 6.76. The lowest BCUT2D eigenvalue weighted by Crippen LogP contribution is -1.99. The van der Waals surface area contributed by atoms with E-state index in [9.17, 15) is 0 Å². The molecule has 0 amide bonds. The Bertz CT molecular complexity index is 533. The highest BCUT2D eigenvalue weighted by Gasteiger charge is 2.24. The third-order valence-electron chi connectivity index (χ3n) is 3.66. The molecule has 3 rings (SSSR count). The molecule has 1 aromatic heterocycles. The summed E-state index contributed by atoms with van der Waals surface area (Å²) in [5.74, 6) is 2.19. The normalized spacial score (nSPS) is 17.9. The molecule has 94 valence electrons. The van der Waals surface area contributed by atoms with E-state index in [0.29, 0.717) is 5.92 Å². The summed E-state index contributed by atoms with van der Waals surface area (Å²) in [7, 11) is 0. The lowest BCUT2D eigenvalue weighted by Gasteiger charge is -2.07. The molecule has 0 spiro atoms. The van der Waals surface area contributed by atoms with Crippen molar-refractivity contribution in [2.24, 2.45) is 0 Å². The van der Waals surface area contributed by atoms with E-state index >= 15 is 0 Å². The van der Waals surface area contributed by atoms with Crippen molar-refractivity contribution >= 4 is 0 Å². The van der Waals surface area contributed by atoms with Gasteiger partial charge in [-0.1, -0.05) is 36.3 Å². The number of aromatic nitrogens is 2. The first-order valence-electron chi connectivity index (χ1n) is 6.76. The SMILES string of the molecule is CCCc1noc(C[C@@H]2CCc3ccccc32)n1. The van der Waals surface area contributed by atoms with Gasteiger partial charge in [0.15, 0.2) is 5.82 Å². The second-order valence-corrected chi connectivity index (χ2v) is 4.99. The lowest BCUT2D eigenvalue weighted by molar-refractivity contribution is 0.363. The summed E-state index contributed by atoms with van der Waals surface area (Å²) in [5.41, 5.74) is 2.95. The van der Waals surface area contributed by atoms with Crippen LogP contribution in [0.5, 0.6) is 0 Å². The zero-order valence-corrected chi connectivity index (χ0v) is 10.7. The van der Waals surface area contributed by atoms with E-state index in [1.165, 1.54) is 24.0 Å². The van der Waals surface area contributed by atoms with Gasteiger partial charge in [-0.25, -0.2) is 0 Å². The Hall–Kier alpha value is -1.64. The molecule has 0 N–H and O–H groups in total. The Morgan fingerprint density at radius 3 is 3.11 bits per heavy atom. The zero-order chi connectivity index (χ0) is 12.4. The van der Waals surface area contributed by atoms with Gasteiger partial charge >= 0.3 is 0 Å². The fraction of sp³-hybridized carbons (Fsp3) is 0.467. The monoisotopic (exact) mass is 242 g/mol. The molecule has 0 fully saturated rings. The molecule has 1 aliphatic carbocycles. The number of rotatable bonds is 4. The molecule has 3 nitrogen and oxygen atoms in total. The molecule has 1 aliphatic rings. The molecular formula is C15H18N2O. The highest BCUT2D eigenvalue weighted by atomic mass is 16.5. The van der Waals surface area contributed by atoms with Gasteiger partial charge in [0.25, 0.3) is 0 Å². The van der Waals surface area contributed by atoms with Crippen LogP contribution in [0.1, 0.15) is 48.5 Å². The molecule has 0 unspecified atom stereocenters. The van der Waals surface area contributed by atoms with Gasteiger partial charge in [0.05, 0.1) is 0 Å². The van der Waals surface area contributed by atoms with E-state index in [1.54, 1.807) is 0 Å². The third kappa shape index (κ3) is 2.17. The smallest absolute Gasteiger partial charge is 0.227 e. The number of benzene rings is 1. The topological polar surface area (TPSA) is 38.9 Å². The number of nitrogens with zero attached hydrogens (tertiary/aromatic N) is 2. The average Bonchev–Trinajstić information content (AvgIpc) is 2.99. The van der Waals surface area contributed by atoms with Gasteiger partial charge in [0.1, 0.15) is 0 Å². The highest BCUT2D eigenvalue weighted by molar-refractivity contribution is 5.35. The molecule has 2 aromatic rings. The average molecular weight is 242 g/mol. The van der Waals surface area contributed by atoms with E-state index in [4.69, 9.17) is 4.52 Å². The van der Waals surface area contributed by atoms with Crippen LogP contribution in [0.25, 0.3) is 0 Å². The summed E-state index contributed by atoms with van der Waals surface area (Å²) in [6.45, 7) is 2.13. The summed E-state index contributed by atoms with van der Waals surface area (Å²) in [6, 6.07) is 8.70. The minimum absolute atomic E-state index is 0.552. The fourth-order valence-corrected chi connectivity index (χ4v) is 2.77. The van der Waals surface area contributed by atoms with Crippen LogP contribution in [0, 0.1) is 0 Å². The summed E-state index contributed by atoms with van der Waals surface area (Å²) >= 11 is 0. The minimum atomic E-state index is 0.552. The molecule has 3 heteroatoms. The van der Waals surface area contributed by atoms with Crippen molar-refractivity contribution in [2.75, 3.05) is 0 Å². The van der Waals surface area contributed by atoms with Gasteiger partial charge in [0, 0.05) is 12.8 Å². The van der Waals surface area contributed by atoms with Crippen molar-refractivity contribution in [3.63, 3.8) is 0 Å². The third-order valence-corrected chi connectivity index (χ3v) is 3.66. The van der Waals surface area contributed by atoms with E-state index in [2.05, 4.69) is 41.3 Å². The van der Waals surface area contributed by atoms with Crippen molar-refractivity contribution in [1.82, 2.24) is 10.1 Å². The van der Waals surface area contributed by atoms with Crippen LogP contribution < -0.4 is 0 Å². The number of fused-ring (bicyclic) bond motifs is 1. The molecule has 1 heterocycles. The van der Waals surface area contributed by atoms with Crippen molar-refractivity contribution in [3.8, 4) is 0 Å². The standard InChI is InChI=1S/C15H18N2O/c1-2-5-14-16-15(18-17-14)10-12-9-8-11-6-3-4-7-13(11)12/h3-4,6-7,12H,2,5,8-10H2,1H3/t12-/m0/s1. The molecule has 0 radical (unpaired) electrons. The predicted molar refractivity (Wildman–Crippen MR) is 69.5 cm³/mol. The Kier molecular flexibility index (Phi) is 3.13. The second-order valence-electron chi connectivity index (χ2n) is 4.99. The first-order chi connectivity index (χ1) is 8.86. The zero-order valence-electron chi connectivity index (χ0n) is 10.7. The molecule has 18 heavy (non-hydrogen) atoms. The number of aryl methyl sites for hydroxylation is 2. The van der Waals surface area contributed by atoms with Crippen LogP contribution in [-0.2, 0) is 19.3 Å². The Balaban J connectivity index is 1.73. The minimum Gasteiger partial charge on any atom is -0.339 e. The maximum Gasteiger partial charge on any atom is 0.227 e. The lowest BCUT2D eigenvalue weighted by atomic mass is 9.98. The van der Waals surface area contributed by atoms with Crippen LogP contribution in [-0.4, -0.2) is 10.1 Å². The summed E-state index contributed by atoms with van der Waals surface area (Å²) in [5, 5.41) is 4.02. The van der Waals surface area contributed by atoms with Crippen LogP contribution in [0.4, 0.5) is 0 Å². The van der Waals surface area contributed by atoms with E-state index in [1.807, 2.05) is 0 Å². The Morgan fingerprint density at radius 1 is 1.33 bits per heavy atom. The largest absolute Gasteiger partial charge is 0.339 e. The maximum atomic E-state index is 5.33. The van der Waals surface area contributed by atoms with Gasteiger partial charge in [-0.05, 0) is 36.3 Å². The van der Waals surface area contributed by atoms with Crippen LogP contribution in [0.2, 0.25) is 0 Å². The molecule has 0 saturated carbocycles. The number of hydrogen-bond donors (Lipinski definition) is 0. The van der Waals surface area contributed by atoms with Crippen molar-refractivity contribution in [3.05, 3.63) is 47.1 Å². The van der Waals surface area contributed by atoms with Gasteiger partial charge in [-0.3, -0.25) is 0 Å². The molecule has 0 bridgehead atoms. The molecular weight excluding hydrogens is 224 g/mol. The van der Waals surface area contributed by atoms with E-state index < -0.39 is 0 Å².